The molecule has 1 aromatic carbocycles. The summed E-state index contributed by atoms with van der Waals surface area (Å²) in [6.07, 6.45) is 1.15. The largest absolute Gasteiger partial charge is 0.369 e. The third kappa shape index (κ3) is 3.01. The van der Waals surface area contributed by atoms with E-state index in [1.807, 2.05) is 0 Å². The Bertz CT molecular complexity index is 818. The molecule has 3 atom stereocenters. The molecule has 0 radical (unpaired) electrons. The van der Waals surface area contributed by atoms with Gasteiger partial charge in [0.15, 0.2) is 0 Å². The van der Waals surface area contributed by atoms with Crippen molar-refractivity contribution in [3.05, 3.63) is 22.3 Å². The first-order valence-electron chi connectivity index (χ1n) is 9.70. The molecule has 0 saturated heterocycles. The van der Waals surface area contributed by atoms with Crippen molar-refractivity contribution in [1.29, 1.82) is 0 Å². The molecular formula is C21H35N5. The molecule has 1 aliphatic carbocycles. The van der Waals surface area contributed by atoms with Gasteiger partial charge in [0.05, 0.1) is 17.7 Å². The summed E-state index contributed by atoms with van der Waals surface area (Å²) in [7, 11) is 8.52. The van der Waals surface area contributed by atoms with Crippen LogP contribution >= 0.6 is 0 Å². The second kappa shape index (κ2) is 6.86. The average Bonchev–Trinajstić information content (AvgIpc) is 2.85. The molecule has 0 saturated carbocycles. The second-order valence-corrected chi connectivity index (χ2v) is 8.87. The molecule has 1 aliphatic rings. The number of likely N-dealkylation sites (N-methyl/N-ethyl adjacent to an activating group) is 1. The predicted octanol–water partition coefficient (Wildman–Crippen LogP) is 3.23. The lowest BCUT2D eigenvalue weighted by Crippen LogP contribution is -2.34. The Kier molecular flexibility index (Phi) is 5.06. The topological polar surface area (TPSA) is 50.3 Å². The van der Waals surface area contributed by atoms with Crippen LogP contribution in [0.3, 0.4) is 0 Å². The van der Waals surface area contributed by atoms with E-state index >= 15 is 0 Å². The van der Waals surface area contributed by atoms with Crippen molar-refractivity contribution in [2.75, 3.05) is 40.5 Å². The number of hydrogen-bond acceptors (Lipinski definition) is 4. The van der Waals surface area contributed by atoms with Crippen molar-refractivity contribution < 1.29 is 0 Å². The first-order chi connectivity index (χ1) is 12.1. The van der Waals surface area contributed by atoms with Gasteiger partial charge in [-0.3, -0.25) is 9.47 Å². The van der Waals surface area contributed by atoms with Crippen LogP contribution in [0.1, 0.15) is 42.0 Å². The minimum Gasteiger partial charge on any atom is -0.369 e. The van der Waals surface area contributed by atoms with Crippen LogP contribution in [0.15, 0.2) is 0 Å². The number of rotatable bonds is 4. The SMILES string of the molecule is Cc1c2c(c3c(nc(N)n3CN(C)C)c1C)C(CN(C)C)C(C)C(C)C2. The summed E-state index contributed by atoms with van der Waals surface area (Å²) in [5, 5.41) is 0. The van der Waals surface area contributed by atoms with Crippen molar-refractivity contribution in [2.24, 2.45) is 11.8 Å². The van der Waals surface area contributed by atoms with Crippen molar-refractivity contribution in [3.8, 4) is 0 Å². The van der Waals surface area contributed by atoms with Gasteiger partial charge in [-0.25, -0.2) is 4.98 Å². The lowest BCUT2D eigenvalue weighted by Gasteiger charge is -2.39. The van der Waals surface area contributed by atoms with E-state index in [0.29, 0.717) is 23.7 Å². The van der Waals surface area contributed by atoms with Crippen molar-refractivity contribution in [1.82, 2.24) is 19.4 Å². The van der Waals surface area contributed by atoms with E-state index in [4.69, 9.17) is 10.7 Å². The number of aryl methyl sites for hydroxylation is 1. The van der Waals surface area contributed by atoms with Gasteiger partial charge < -0.3 is 10.6 Å². The molecule has 144 valence electrons. The number of nitrogens with zero attached hydrogens (tertiary/aromatic N) is 4. The Balaban J connectivity index is 2.37. The van der Waals surface area contributed by atoms with E-state index in [9.17, 15) is 0 Å². The summed E-state index contributed by atoms with van der Waals surface area (Å²) in [5.74, 6) is 2.45. The highest BCUT2D eigenvalue weighted by molar-refractivity contribution is 5.88. The minimum atomic E-state index is 0.502. The van der Waals surface area contributed by atoms with Crippen LogP contribution < -0.4 is 5.73 Å². The van der Waals surface area contributed by atoms with Crippen molar-refractivity contribution in [2.45, 2.75) is 46.7 Å². The van der Waals surface area contributed by atoms with E-state index in [1.165, 1.54) is 27.8 Å². The molecule has 2 aromatic rings. The summed E-state index contributed by atoms with van der Waals surface area (Å²) in [6.45, 7) is 11.1. The van der Waals surface area contributed by atoms with Crippen LogP contribution in [0.5, 0.6) is 0 Å². The van der Waals surface area contributed by atoms with Gasteiger partial charge in [0.1, 0.15) is 0 Å². The van der Waals surface area contributed by atoms with Crippen LogP contribution in [0, 0.1) is 25.7 Å². The molecule has 5 nitrogen and oxygen atoms in total. The highest BCUT2D eigenvalue weighted by Gasteiger charge is 2.36. The van der Waals surface area contributed by atoms with Crippen LogP contribution in [0.2, 0.25) is 0 Å². The number of nitrogen functional groups attached to an aromatic ring is 1. The molecule has 0 aliphatic heterocycles. The highest BCUT2D eigenvalue weighted by Crippen LogP contribution is 2.46. The maximum Gasteiger partial charge on any atom is 0.202 e. The van der Waals surface area contributed by atoms with Gasteiger partial charge in [0.2, 0.25) is 5.95 Å². The van der Waals surface area contributed by atoms with Crippen LogP contribution in [-0.2, 0) is 13.1 Å². The normalized spacial score (nSPS) is 23.2. The van der Waals surface area contributed by atoms with E-state index in [-0.39, 0.29) is 0 Å². The minimum absolute atomic E-state index is 0.502. The molecule has 1 heterocycles. The molecule has 2 N–H and O–H groups in total. The number of imidazole rings is 1. The van der Waals surface area contributed by atoms with E-state index in [2.05, 4.69) is 70.3 Å². The molecule has 26 heavy (non-hydrogen) atoms. The monoisotopic (exact) mass is 357 g/mol. The summed E-state index contributed by atoms with van der Waals surface area (Å²) in [4.78, 5) is 9.27. The molecule has 0 fully saturated rings. The van der Waals surface area contributed by atoms with Crippen molar-refractivity contribution >= 4 is 17.0 Å². The summed E-state index contributed by atoms with van der Waals surface area (Å²) < 4.78 is 2.21. The zero-order valence-corrected chi connectivity index (χ0v) is 17.7. The molecular weight excluding hydrogens is 322 g/mol. The highest BCUT2D eigenvalue weighted by atomic mass is 15.3. The lowest BCUT2D eigenvalue weighted by atomic mass is 9.68. The molecule has 1 aromatic heterocycles. The molecule has 0 spiro atoms. The first-order valence-corrected chi connectivity index (χ1v) is 9.70. The quantitative estimate of drug-likeness (QED) is 0.913. The van der Waals surface area contributed by atoms with E-state index in [1.54, 1.807) is 0 Å². The van der Waals surface area contributed by atoms with E-state index in [0.717, 1.165) is 25.2 Å². The summed E-state index contributed by atoms with van der Waals surface area (Å²) in [6, 6.07) is 0. The molecule has 3 rings (SSSR count). The molecule has 0 bridgehead atoms. The van der Waals surface area contributed by atoms with Gasteiger partial charge in [-0.05, 0) is 82.5 Å². The number of anilines is 1. The van der Waals surface area contributed by atoms with Crippen molar-refractivity contribution in [3.63, 3.8) is 0 Å². The smallest absolute Gasteiger partial charge is 0.202 e. The zero-order valence-electron chi connectivity index (χ0n) is 17.7. The van der Waals surface area contributed by atoms with Gasteiger partial charge >= 0.3 is 0 Å². The van der Waals surface area contributed by atoms with Gasteiger partial charge in [-0.2, -0.15) is 0 Å². The average molecular weight is 358 g/mol. The first kappa shape index (κ1) is 19.2. The molecule has 5 heteroatoms. The van der Waals surface area contributed by atoms with Crippen LogP contribution in [0.4, 0.5) is 5.95 Å². The standard InChI is InChI=1S/C21H35N5/c1-12-9-16-14(3)15(4)19-20(26(11-25(7)8)21(22)23-19)18(16)17(13(12)2)10-24(5)6/h12-13,17H,9-11H2,1-8H3,(H2,22,23). The Morgan fingerprint density at radius 1 is 1.08 bits per heavy atom. The van der Waals surface area contributed by atoms with Gasteiger partial charge in [-0.1, -0.05) is 13.8 Å². The predicted molar refractivity (Wildman–Crippen MR) is 111 cm³/mol. The number of aromatic nitrogens is 2. The zero-order chi connectivity index (χ0) is 19.3. The Morgan fingerprint density at radius 2 is 1.73 bits per heavy atom. The Morgan fingerprint density at radius 3 is 2.31 bits per heavy atom. The van der Waals surface area contributed by atoms with Gasteiger partial charge in [0, 0.05) is 12.5 Å². The van der Waals surface area contributed by atoms with Crippen LogP contribution in [-0.4, -0.2) is 54.1 Å². The fourth-order valence-corrected chi connectivity index (χ4v) is 4.66. The fourth-order valence-electron chi connectivity index (χ4n) is 4.66. The lowest BCUT2D eigenvalue weighted by molar-refractivity contribution is 0.246. The molecule has 3 unspecified atom stereocenters. The second-order valence-electron chi connectivity index (χ2n) is 8.87. The number of benzene rings is 1. The Hall–Kier alpha value is -1.59. The van der Waals surface area contributed by atoms with E-state index < -0.39 is 0 Å². The summed E-state index contributed by atoms with van der Waals surface area (Å²) >= 11 is 0. The maximum atomic E-state index is 6.38. The van der Waals surface area contributed by atoms with Crippen LogP contribution in [0.25, 0.3) is 11.0 Å². The number of nitrogens with two attached hydrogens (primary N) is 1. The summed E-state index contributed by atoms with van der Waals surface area (Å²) in [5.41, 5.74) is 14.5. The maximum absolute atomic E-state index is 6.38. The number of hydrogen-bond donors (Lipinski definition) is 1. The van der Waals surface area contributed by atoms with Gasteiger partial charge in [-0.15, -0.1) is 0 Å². The molecule has 0 amide bonds. The number of fused-ring (bicyclic) bond motifs is 3. The third-order valence-corrected chi connectivity index (χ3v) is 6.36. The Labute approximate surface area is 158 Å². The fraction of sp³-hybridized carbons (Fsp3) is 0.667. The van der Waals surface area contributed by atoms with Gasteiger partial charge in [0.25, 0.3) is 0 Å². The third-order valence-electron chi connectivity index (χ3n) is 6.36.